The molecule has 2 rings (SSSR count). The second-order valence-corrected chi connectivity index (χ2v) is 5.71. The zero-order chi connectivity index (χ0) is 16.8. The lowest BCUT2D eigenvalue weighted by Crippen LogP contribution is -2.22. The van der Waals surface area contributed by atoms with Crippen LogP contribution >= 0.6 is 11.8 Å². The Kier molecular flexibility index (Phi) is 5.89. The average Bonchev–Trinajstić information content (AvgIpc) is 2.50. The van der Waals surface area contributed by atoms with E-state index < -0.39 is 11.5 Å². The van der Waals surface area contributed by atoms with Crippen LogP contribution in [0.2, 0.25) is 0 Å². The Hall–Kier alpha value is -2.19. The molecule has 0 atom stereocenters. The van der Waals surface area contributed by atoms with Gasteiger partial charge in [0.1, 0.15) is 12.4 Å². The van der Waals surface area contributed by atoms with E-state index in [0.29, 0.717) is 5.75 Å². The van der Waals surface area contributed by atoms with Gasteiger partial charge >= 0.3 is 5.97 Å². The predicted octanol–water partition coefficient (Wildman–Crippen LogP) is 1.29. The fourth-order valence-electron chi connectivity index (χ4n) is 1.92. The van der Waals surface area contributed by atoms with Crippen molar-refractivity contribution < 1.29 is 19.4 Å². The summed E-state index contributed by atoms with van der Waals surface area (Å²) in [6, 6.07) is 5.89. The molecule has 6 nitrogen and oxygen atoms in total. The number of aromatic nitrogens is 2. The molecule has 2 N–H and O–H groups in total. The van der Waals surface area contributed by atoms with Crippen molar-refractivity contribution in [2.45, 2.75) is 23.9 Å². The summed E-state index contributed by atoms with van der Waals surface area (Å²) < 4.78 is 14.2. The van der Waals surface area contributed by atoms with Crippen molar-refractivity contribution in [3.8, 4) is 0 Å². The van der Waals surface area contributed by atoms with E-state index in [0.717, 1.165) is 5.56 Å². The molecule has 0 radical (unpaired) electrons. The van der Waals surface area contributed by atoms with E-state index in [4.69, 9.17) is 10.2 Å². The van der Waals surface area contributed by atoms with Crippen LogP contribution < -0.4 is 5.56 Å². The Labute approximate surface area is 135 Å². The molecule has 0 saturated carbocycles. The fourth-order valence-corrected chi connectivity index (χ4v) is 2.83. The second-order valence-electron chi connectivity index (χ2n) is 4.76. The van der Waals surface area contributed by atoms with Crippen LogP contribution in [0.25, 0.3) is 0 Å². The third kappa shape index (κ3) is 4.90. The highest BCUT2D eigenvalue weighted by Crippen LogP contribution is 2.20. The zero-order valence-electron chi connectivity index (χ0n) is 12.1. The number of aliphatic hydroxyl groups excluding tert-OH is 1. The molecule has 1 aromatic heterocycles. The monoisotopic (exact) mass is 338 g/mol. The lowest BCUT2D eigenvalue weighted by atomic mass is 10.2. The summed E-state index contributed by atoms with van der Waals surface area (Å²) in [4.78, 5) is 26.7. The van der Waals surface area contributed by atoms with Crippen molar-refractivity contribution in [3.63, 3.8) is 0 Å². The maximum Gasteiger partial charge on any atom is 0.323 e. The summed E-state index contributed by atoms with van der Waals surface area (Å²) >= 11 is 1.19. The van der Waals surface area contributed by atoms with Crippen molar-refractivity contribution in [2.75, 3.05) is 6.61 Å². The van der Waals surface area contributed by atoms with E-state index >= 15 is 0 Å². The smallest absolute Gasteiger partial charge is 0.323 e. The highest BCUT2D eigenvalue weighted by molar-refractivity contribution is 7.98. The molecule has 1 aromatic carbocycles. The molecule has 0 unspecified atom stereocenters. The number of nitrogens with zero attached hydrogens (tertiary/aromatic N) is 2. The Bertz CT molecular complexity index is 746. The van der Waals surface area contributed by atoms with Gasteiger partial charge in [-0.25, -0.2) is 4.39 Å². The average molecular weight is 338 g/mol. The molecule has 8 heteroatoms. The van der Waals surface area contributed by atoms with Crippen LogP contribution in [0.5, 0.6) is 0 Å². The first kappa shape index (κ1) is 17.2. The first-order valence-electron chi connectivity index (χ1n) is 6.80. The van der Waals surface area contributed by atoms with Gasteiger partial charge in [0.05, 0.1) is 0 Å². The van der Waals surface area contributed by atoms with E-state index in [-0.39, 0.29) is 36.1 Å². The number of halogens is 1. The molecule has 0 aliphatic rings. The van der Waals surface area contributed by atoms with Crippen LogP contribution in [0, 0.1) is 5.82 Å². The third-order valence-electron chi connectivity index (χ3n) is 3.00. The predicted molar refractivity (Wildman–Crippen MR) is 82.9 cm³/mol. The van der Waals surface area contributed by atoms with E-state index in [1.165, 1.54) is 34.7 Å². The highest BCUT2D eigenvalue weighted by atomic mass is 32.2. The van der Waals surface area contributed by atoms with Crippen LogP contribution in [0.4, 0.5) is 4.39 Å². The maximum absolute atomic E-state index is 12.9. The van der Waals surface area contributed by atoms with Gasteiger partial charge in [-0.3, -0.25) is 9.59 Å². The molecule has 23 heavy (non-hydrogen) atoms. The number of carboxylic acids is 1. The molecular formula is C15H15FN2O4S. The Morgan fingerprint density at radius 2 is 2.00 bits per heavy atom. The lowest BCUT2D eigenvalue weighted by Gasteiger charge is -2.11. The first-order valence-corrected chi connectivity index (χ1v) is 7.78. The molecule has 0 fully saturated rings. The van der Waals surface area contributed by atoms with Gasteiger partial charge in [0, 0.05) is 30.5 Å². The van der Waals surface area contributed by atoms with Gasteiger partial charge in [0.25, 0.3) is 5.56 Å². The van der Waals surface area contributed by atoms with E-state index in [9.17, 15) is 14.0 Å². The molecule has 0 saturated heterocycles. The van der Waals surface area contributed by atoms with E-state index in [1.54, 1.807) is 12.1 Å². The summed E-state index contributed by atoms with van der Waals surface area (Å²) in [5.41, 5.74) is 0.606. The summed E-state index contributed by atoms with van der Waals surface area (Å²) in [7, 11) is 0. The summed E-state index contributed by atoms with van der Waals surface area (Å²) in [6.07, 6.45) is 1.53. The lowest BCUT2D eigenvalue weighted by molar-refractivity contribution is -0.137. The number of carboxylic acid groups (broad SMARTS) is 1. The quantitative estimate of drug-likeness (QED) is 0.584. The number of rotatable bonds is 7. The number of aliphatic carboxylic acids is 1. The Morgan fingerprint density at radius 3 is 2.61 bits per heavy atom. The number of hydrogen-bond donors (Lipinski definition) is 2. The van der Waals surface area contributed by atoms with Gasteiger partial charge in [0.2, 0.25) is 0 Å². The van der Waals surface area contributed by atoms with Crippen molar-refractivity contribution in [2.24, 2.45) is 0 Å². The third-order valence-corrected chi connectivity index (χ3v) is 4.06. The molecule has 0 amide bonds. The highest BCUT2D eigenvalue weighted by Gasteiger charge is 2.11. The van der Waals surface area contributed by atoms with E-state index in [2.05, 4.69) is 4.98 Å². The zero-order valence-corrected chi connectivity index (χ0v) is 12.9. The van der Waals surface area contributed by atoms with Gasteiger partial charge in [-0.15, -0.1) is 0 Å². The number of thioether (sulfide) groups is 1. The van der Waals surface area contributed by atoms with Crippen LogP contribution in [0.1, 0.15) is 11.1 Å². The van der Waals surface area contributed by atoms with Crippen molar-refractivity contribution >= 4 is 17.7 Å². The number of benzene rings is 1. The normalized spacial score (nSPS) is 10.7. The molecule has 122 valence electrons. The second kappa shape index (κ2) is 7.89. The largest absolute Gasteiger partial charge is 0.480 e. The van der Waals surface area contributed by atoms with Crippen molar-refractivity contribution in [1.82, 2.24) is 9.55 Å². The number of hydrogen-bond acceptors (Lipinski definition) is 5. The van der Waals surface area contributed by atoms with Crippen LogP contribution in [0.3, 0.4) is 0 Å². The van der Waals surface area contributed by atoms with Gasteiger partial charge in [0.15, 0.2) is 5.16 Å². The standard InChI is InChI=1S/C15H15FN2O4S/c16-12-3-1-10(2-4-12)9-23-15-17-14(22)11(5-6-19)7-18(15)8-13(20)21/h1-4,7,19H,5-6,8-9H2,(H,20,21). The molecule has 0 aliphatic heterocycles. The SMILES string of the molecule is O=C(O)Cn1cc(CCO)c(=O)nc1SCc1ccc(F)cc1. The van der Waals surface area contributed by atoms with Gasteiger partial charge in [-0.1, -0.05) is 23.9 Å². The van der Waals surface area contributed by atoms with Crippen LogP contribution in [0.15, 0.2) is 40.4 Å². The minimum Gasteiger partial charge on any atom is -0.480 e. The van der Waals surface area contributed by atoms with E-state index in [1.807, 2.05) is 0 Å². The maximum atomic E-state index is 12.9. The topological polar surface area (TPSA) is 92.4 Å². The first-order chi connectivity index (χ1) is 11.0. The molecule has 0 aliphatic carbocycles. The minimum absolute atomic E-state index is 0.119. The van der Waals surface area contributed by atoms with Crippen molar-refractivity contribution in [3.05, 3.63) is 57.8 Å². The minimum atomic E-state index is -1.06. The molecule has 0 spiro atoms. The van der Waals surface area contributed by atoms with Crippen molar-refractivity contribution in [1.29, 1.82) is 0 Å². The molecule has 0 bridgehead atoms. The van der Waals surface area contributed by atoms with Gasteiger partial charge < -0.3 is 14.8 Å². The Morgan fingerprint density at radius 1 is 1.30 bits per heavy atom. The summed E-state index contributed by atoms with van der Waals surface area (Å²) in [5, 5.41) is 18.2. The number of aliphatic hydroxyl groups is 1. The van der Waals surface area contributed by atoms with Crippen LogP contribution in [-0.2, 0) is 23.5 Å². The summed E-state index contributed by atoms with van der Waals surface area (Å²) in [6.45, 7) is -0.552. The summed E-state index contributed by atoms with van der Waals surface area (Å²) in [5.74, 6) is -0.979. The Balaban J connectivity index is 2.24. The molecule has 1 heterocycles. The van der Waals surface area contributed by atoms with Gasteiger partial charge in [-0.05, 0) is 17.7 Å². The number of carbonyl (C=O) groups is 1. The molecular weight excluding hydrogens is 323 g/mol. The fraction of sp³-hybridized carbons (Fsp3) is 0.267. The van der Waals surface area contributed by atoms with Gasteiger partial charge in [-0.2, -0.15) is 4.98 Å². The van der Waals surface area contributed by atoms with Crippen LogP contribution in [-0.4, -0.2) is 32.3 Å². The molecule has 2 aromatic rings.